The van der Waals surface area contributed by atoms with Crippen molar-refractivity contribution in [2.24, 2.45) is 5.92 Å². The van der Waals surface area contributed by atoms with Crippen LogP contribution in [0.5, 0.6) is 5.75 Å². The first-order valence-electron chi connectivity index (χ1n) is 9.74. The van der Waals surface area contributed by atoms with Crippen LogP contribution in [0.2, 0.25) is 0 Å². The maximum Gasteiger partial charge on any atom is 0.305 e. The molecule has 8 heteroatoms. The molecule has 2 aromatic rings. The fourth-order valence-corrected chi connectivity index (χ4v) is 4.19. The molecule has 0 saturated carbocycles. The van der Waals surface area contributed by atoms with Crippen LogP contribution in [0, 0.1) is 5.92 Å². The van der Waals surface area contributed by atoms with E-state index in [1.165, 1.54) is 0 Å². The molecule has 1 aromatic carbocycles. The minimum Gasteiger partial charge on any atom is -0.497 e. The standard InChI is InChI=1S/C21H27N3O5/c1-11(2)6-15-17(9-19(26)27)24-21(28)18(22-10-25)8-14-13-5-4-12(29-3)7-16(13)23-20(14)15/h4-5,7,10-11,15,17-18,23H,6,8-9H2,1-3H3,(H,22,25)(H,24,28)(H,26,27). The van der Waals surface area contributed by atoms with E-state index in [1.807, 2.05) is 18.2 Å². The number of ether oxygens (including phenoxy) is 1. The van der Waals surface area contributed by atoms with Crippen LogP contribution in [-0.2, 0) is 20.8 Å². The summed E-state index contributed by atoms with van der Waals surface area (Å²) >= 11 is 0. The van der Waals surface area contributed by atoms with E-state index in [0.717, 1.165) is 22.2 Å². The van der Waals surface area contributed by atoms with Gasteiger partial charge in [-0.2, -0.15) is 0 Å². The molecule has 0 radical (unpaired) electrons. The van der Waals surface area contributed by atoms with Crippen molar-refractivity contribution in [2.75, 3.05) is 7.11 Å². The number of aromatic amines is 1. The van der Waals surface area contributed by atoms with E-state index < -0.39 is 18.1 Å². The van der Waals surface area contributed by atoms with Gasteiger partial charge < -0.3 is 25.5 Å². The molecule has 0 aliphatic carbocycles. The fourth-order valence-electron chi connectivity index (χ4n) is 4.19. The summed E-state index contributed by atoms with van der Waals surface area (Å²) in [5, 5.41) is 15.8. The molecular weight excluding hydrogens is 374 g/mol. The zero-order valence-electron chi connectivity index (χ0n) is 16.8. The lowest BCUT2D eigenvalue weighted by atomic mass is 9.81. The molecule has 0 fully saturated rings. The van der Waals surface area contributed by atoms with Gasteiger partial charge in [-0.25, -0.2) is 0 Å². The topological polar surface area (TPSA) is 121 Å². The molecule has 2 amide bonds. The number of rotatable bonds is 7. The molecule has 0 saturated heterocycles. The lowest BCUT2D eigenvalue weighted by molar-refractivity contribution is -0.138. The SMILES string of the molecule is COc1ccc2c3c([nH]c2c1)C(CC(C)C)C(CC(=O)O)NC(=O)C(NC=O)C3. The summed E-state index contributed by atoms with van der Waals surface area (Å²) in [5.74, 6) is -0.550. The predicted octanol–water partition coefficient (Wildman–Crippen LogP) is 1.94. The smallest absolute Gasteiger partial charge is 0.305 e. The molecule has 3 atom stereocenters. The Morgan fingerprint density at radius 2 is 2.17 bits per heavy atom. The van der Waals surface area contributed by atoms with Crippen LogP contribution in [0.15, 0.2) is 18.2 Å². The van der Waals surface area contributed by atoms with Crippen molar-refractivity contribution >= 4 is 29.2 Å². The van der Waals surface area contributed by atoms with Crippen LogP contribution >= 0.6 is 0 Å². The number of fused-ring (bicyclic) bond motifs is 3. The molecule has 29 heavy (non-hydrogen) atoms. The van der Waals surface area contributed by atoms with Gasteiger partial charge in [0.15, 0.2) is 0 Å². The number of carbonyl (C=O) groups excluding carboxylic acids is 2. The summed E-state index contributed by atoms with van der Waals surface area (Å²) in [6, 6.07) is 4.30. The molecule has 0 bridgehead atoms. The highest BCUT2D eigenvalue weighted by atomic mass is 16.5. The number of carbonyl (C=O) groups is 3. The maximum absolute atomic E-state index is 12.8. The molecule has 1 aromatic heterocycles. The van der Waals surface area contributed by atoms with E-state index in [1.54, 1.807) is 7.11 Å². The first kappa shape index (κ1) is 20.7. The third-order valence-electron chi connectivity index (χ3n) is 5.44. The van der Waals surface area contributed by atoms with E-state index in [9.17, 15) is 19.5 Å². The summed E-state index contributed by atoms with van der Waals surface area (Å²) in [6.07, 6.45) is 1.33. The van der Waals surface area contributed by atoms with Crippen molar-refractivity contribution in [1.29, 1.82) is 0 Å². The van der Waals surface area contributed by atoms with E-state index in [2.05, 4.69) is 29.5 Å². The lowest BCUT2D eigenvalue weighted by Gasteiger charge is -2.33. The average molecular weight is 401 g/mol. The minimum absolute atomic E-state index is 0.194. The molecule has 1 aliphatic rings. The van der Waals surface area contributed by atoms with Crippen molar-refractivity contribution in [3.05, 3.63) is 29.5 Å². The monoisotopic (exact) mass is 401 g/mol. The zero-order valence-corrected chi connectivity index (χ0v) is 16.8. The predicted molar refractivity (Wildman–Crippen MR) is 108 cm³/mol. The zero-order chi connectivity index (χ0) is 21.1. The normalized spacial score (nSPS) is 21.8. The highest BCUT2D eigenvalue weighted by Crippen LogP contribution is 2.37. The molecule has 156 valence electrons. The highest BCUT2D eigenvalue weighted by Gasteiger charge is 2.36. The summed E-state index contributed by atoms with van der Waals surface area (Å²) < 4.78 is 5.32. The Kier molecular flexibility index (Phi) is 6.10. The summed E-state index contributed by atoms with van der Waals surface area (Å²) in [5.41, 5.74) is 2.69. The molecule has 3 rings (SSSR count). The van der Waals surface area contributed by atoms with E-state index in [0.29, 0.717) is 30.9 Å². The molecular formula is C21H27N3O5. The largest absolute Gasteiger partial charge is 0.497 e. The van der Waals surface area contributed by atoms with Gasteiger partial charge in [0.05, 0.1) is 13.5 Å². The van der Waals surface area contributed by atoms with Gasteiger partial charge in [-0.1, -0.05) is 13.8 Å². The number of H-pyrrole nitrogens is 1. The van der Waals surface area contributed by atoms with E-state index >= 15 is 0 Å². The quantitative estimate of drug-likeness (QED) is 0.529. The molecule has 1 aliphatic heterocycles. The first-order valence-corrected chi connectivity index (χ1v) is 9.74. The molecule has 4 N–H and O–H groups in total. The van der Waals surface area contributed by atoms with Crippen molar-refractivity contribution in [3.63, 3.8) is 0 Å². The highest BCUT2D eigenvalue weighted by molar-refractivity contribution is 5.90. The number of aromatic nitrogens is 1. The Bertz CT molecular complexity index is 920. The second-order valence-corrected chi connectivity index (χ2v) is 7.92. The van der Waals surface area contributed by atoms with Crippen LogP contribution in [0.3, 0.4) is 0 Å². The van der Waals surface area contributed by atoms with Crippen LogP contribution in [0.25, 0.3) is 10.9 Å². The molecule has 3 unspecified atom stereocenters. The number of benzene rings is 1. The number of aliphatic carboxylic acids is 1. The van der Waals surface area contributed by atoms with E-state index in [4.69, 9.17) is 4.74 Å². The molecule has 0 spiro atoms. The Morgan fingerprint density at radius 3 is 2.79 bits per heavy atom. The van der Waals surface area contributed by atoms with Crippen molar-refractivity contribution in [3.8, 4) is 5.75 Å². The minimum atomic E-state index is -0.983. The van der Waals surface area contributed by atoms with Crippen LogP contribution in [0.1, 0.15) is 43.9 Å². The maximum atomic E-state index is 12.8. The molecule has 8 nitrogen and oxygen atoms in total. The second kappa shape index (κ2) is 8.55. The Morgan fingerprint density at radius 1 is 1.41 bits per heavy atom. The van der Waals surface area contributed by atoms with Gasteiger partial charge >= 0.3 is 5.97 Å². The Labute approximate surface area is 169 Å². The van der Waals surface area contributed by atoms with Gasteiger partial charge in [0.25, 0.3) is 0 Å². The van der Waals surface area contributed by atoms with Gasteiger partial charge in [0.2, 0.25) is 12.3 Å². The average Bonchev–Trinajstić information content (AvgIpc) is 3.00. The Balaban J connectivity index is 2.20. The first-order chi connectivity index (χ1) is 13.8. The van der Waals surface area contributed by atoms with Gasteiger partial charge in [0, 0.05) is 41.0 Å². The van der Waals surface area contributed by atoms with Crippen LogP contribution < -0.4 is 15.4 Å². The summed E-state index contributed by atoms with van der Waals surface area (Å²) in [7, 11) is 1.59. The van der Waals surface area contributed by atoms with Gasteiger partial charge in [-0.3, -0.25) is 14.4 Å². The van der Waals surface area contributed by atoms with E-state index in [-0.39, 0.29) is 18.2 Å². The number of nitrogens with one attached hydrogen (secondary N) is 3. The third-order valence-corrected chi connectivity index (χ3v) is 5.44. The number of carboxylic acid groups (broad SMARTS) is 1. The van der Waals surface area contributed by atoms with Crippen molar-refractivity contribution in [2.45, 2.75) is 51.1 Å². The van der Waals surface area contributed by atoms with Crippen molar-refractivity contribution in [1.82, 2.24) is 15.6 Å². The van der Waals surface area contributed by atoms with Crippen molar-refractivity contribution < 1.29 is 24.2 Å². The summed E-state index contributed by atoms with van der Waals surface area (Å²) in [6.45, 7) is 4.14. The Hall–Kier alpha value is -3.03. The number of hydrogen-bond acceptors (Lipinski definition) is 4. The second-order valence-electron chi connectivity index (χ2n) is 7.92. The van der Waals surface area contributed by atoms with Gasteiger partial charge in [0.1, 0.15) is 11.8 Å². The van der Waals surface area contributed by atoms with Gasteiger partial charge in [-0.15, -0.1) is 0 Å². The number of amides is 2. The lowest BCUT2D eigenvalue weighted by Crippen LogP contribution is -2.52. The van der Waals surface area contributed by atoms with Crippen LogP contribution in [-0.4, -0.2) is 47.6 Å². The third kappa shape index (κ3) is 4.36. The fraction of sp³-hybridized carbons (Fsp3) is 0.476. The number of carboxylic acids is 1. The van der Waals surface area contributed by atoms with Crippen LogP contribution in [0.4, 0.5) is 0 Å². The number of hydrogen-bond donors (Lipinski definition) is 4. The van der Waals surface area contributed by atoms with Gasteiger partial charge in [-0.05, 0) is 30.0 Å². The molecule has 2 heterocycles. The number of methoxy groups -OCH3 is 1. The summed E-state index contributed by atoms with van der Waals surface area (Å²) in [4.78, 5) is 38.8.